The number of anilines is 1. The SMILES string of the molecule is O=C(NNc1ccc(F)c(F)c1F)c1cccnc1Oc1ccc(Br)cc1. The lowest BCUT2D eigenvalue weighted by Crippen LogP contribution is -2.30. The first kappa shape index (κ1) is 18.7. The van der Waals surface area contributed by atoms with Gasteiger partial charge in [0.15, 0.2) is 17.5 Å². The molecule has 5 nitrogen and oxygen atoms in total. The van der Waals surface area contributed by atoms with Gasteiger partial charge in [0.25, 0.3) is 5.91 Å². The monoisotopic (exact) mass is 437 g/mol. The van der Waals surface area contributed by atoms with Gasteiger partial charge in [-0.25, -0.2) is 18.2 Å². The first-order valence-electron chi connectivity index (χ1n) is 7.54. The van der Waals surface area contributed by atoms with Crippen LogP contribution in [0, 0.1) is 17.5 Å². The summed E-state index contributed by atoms with van der Waals surface area (Å²) in [6.07, 6.45) is 1.44. The maximum atomic E-state index is 13.6. The fraction of sp³-hybridized carbons (Fsp3) is 0. The predicted octanol–water partition coefficient (Wildman–Crippen LogP) is 4.81. The average Bonchev–Trinajstić information content (AvgIpc) is 2.67. The Morgan fingerprint density at radius 3 is 2.48 bits per heavy atom. The number of ether oxygens (including phenoxy) is 1. The van der Waals surface area contributed by atoms with Gasteiger partial charge in [0.2, 0.25) is 5.88 Å². The minimum atomic E-state index is -1.64. The second kappa shape index (κ2) is 8.09. The third kappa shape index (κ3) is 4.37. The van der Waals surface area contributed by atoms with Crippen molar-refractivity contribution >= 4 is 27.5 Å². The number of aromatic nitrogens is 1. The quantitative estimate of drug-likeness (QED) is 0.444. The zero-order valence-electron chi connectivity index (χ0n) is 13.5. The largest absolute Gasteiger partial charge is 0.438 e. The number of nitrogens with one attached hydrogen (secondary N) is 2. The van der Waals surface area contributed by atoms with Crippen molar-refractivity contribution in [3.63, 3.8) is 0 Å². The number of rotatable bonds is 5. The lowest BCUT2D eigenvalue weighted by molar-refractivity contribution is 0.0959. The molecule has 0 spiro atoms. The molecule has 3 aromatic rings. The molecule has 0 saturated heterocycles. The second-order valence-electron chi connectivity index (χ2n) is 5.21. The molecule has 0 fully saturated rings. The normalized spacial score (nSPS) is 10.4. The number of pyridine rings is 1. The van der Waals surface area contributed by atoms with Crippen LogP contribution in [0.25, 0.3) is 0 Å². The highest BCUT2D eigenvalue weighted by Crippen LogP contribution is 2.25. The summed E-state index contributed by atoms with van der Waals surface area (Å²) in [7, 11) is 0. The van der Waals surface area contributed by atoms with E-state index in [4.69, 9.17) is 4.74 Å². The van der Waals surface area contributed by atoms with Crippen LogP contribution in [0.5, 0.6) is 11.6 Å². The number of carbonyl (C=O) groups excluding carboxylic acids is 1. The van der Waals surface area contributed by atoms with Crippen LogP contribution in [-0.2, 0) is 0 Å². The van der Waals surface area contributed by atoms with Crippen molar-refractivity contribution in [2.75, 3.05) is 5.43 Å². The number of hydrogen-bond acceptors (Lipinski definition) is 4. The first-order chi connectivity index (χ1) is 13.0. The number of halogens is 4. The van der Waals surface area contributed by atoms with Crippen molar-refractivity contribution in [1.82, 2.24) is 10.4 Å². The Bertz CT molecular complexity index is 984. The van der Waals surface area contributed by atoms with Crippen molar-refractivity contribution in [2.24, 2.45) is 0 Å². The van der Waals surface area contributed by atoms with Crippen LogP contribution in [-0.4, -0.2) is 10.9 Å². The van der Waals surface area contributed by atoms with Crippen LogP contribution in [0.2, 0.25) is 0 Å². The van der Waals surface area contributed by atoms with Gasteiger partial charge in [0, 0.05) is 10.7 Å². The molecule has 0 aliphatic rings. The Hall–Kier alpha value is -3.07. The van der Waals surface area contributed by atoms with E-state index < -0.39 is 29.0 Å². The maximum absolute atomic E-state index is 13.6. The molecule has 0 aliphatic heterocycles. The first-order valence-corrected chi connectivity index (χ1v) is 8.33. The van der Waals surface area contributed by atoms with Crippen molar-refractivity contribution in [3.8, 4) is 11.6 Å². The van der Waals surface area contributed by atoms with Gasteiger partial charge in [-0.05, 0) is 48.5 Å². The van der Waals surface area contributed by atoms with E-state index >= 15 is 0 Å². The molecule has 27 heavy (non-hydrogen) atoms. The summed E-state index contributed by atoms with van der Waals surface area (Å²) in [6.45, 7) is 0. The Morgan fingerprint density at radius 2 is 1.74 bits per heavy atom. The molecule has 0 unspecified atom stereocenters. The van der Waals surface area contributed by atoms with E-state index in [2.05, 4.69) is 31.8 Å². The number of carbonyl (C=O) groups is 1. The Balaban J connectivity index is 1.75. The summed E-state index contributed by atoms with van der Waals surface area (Å²) in [5, 5.41) is 0. The molecule has 0 aliphatic carbocycles. The lowest BCUT2D eigenvalue weighted by Gasteiger charge is -2.12. The van der Waals surface area contributed by atoms with Crippen molar-refractivity contribution < 1.29 is 22.7 Å². The van der Waals surface area contributed by atoms with E-state index in [9.17, 15) is 18.0 Å². The summed E-state index contributed by atoms with van der Waals surface area (Å²) in [6, 6.07) is 11.5. The minimum Gasteiger partial charge on any atom is -0.438 e. The third-order valence-corrected chi connectivity index (χ3v) is 3.92. The predicted molar refractivity (Wildman–Crippen MR) is 95.9 cm³/mol. The Kier molecular flexibility index (Phi) is 5.60. The van der Waals surface area contributed by atoms with Crippen LogP contribution >= 0.6 is 15.9 Å². The van der Waals surface area contributed by atoms with E-state index in [1.54, 1.807) is 24.3 Å². The van der Waals surface area contributed by atoms with Gasteiger partial charge in [0.1, 0.15) is 11.3 Å². The zero-order valence-corrected chi connectivity index (χ0v) is 15.1. The van der Waals surface area contributed by atoms with E-state index in [0.717, 1.165) is 16.6 Å². The highest BCUT2D eigenvalue weighted by atomic mass is 79.9. The van der Waals surface area contributed by atoms with Crippen LogP contribution in [0.15, 0.2) is 59.2 Å². The zero-order chi connectivity index (χ0) is 19.4. The van der Waals surface area contributed by atoms with Gasteiger partial charge in [-0.15, -0.1) is 0 Å². The van der Waals surface area contributed by atoms with Crippen LogP contribution in [0.4, 0.5) is 18.9 Å². The molecule has 9 heteroatoms. The summed E-state index contributed by atoms with van der Waals surface area (Å²) in [5.74, 6) is -4.67. The number of nitrogens with zero attached hydrogens (tertiary/aromatic N) is 1. The molecule has 2 aromatic carbocycles. The molecular weight excluding hydrogens is 427 g/mol. The lowest BCUT2D eigenvalue weighted by atomic mass is 10.2. The van der Waals surface area contributed by atoms with E-state index in [0.29, 0.717) is 5.75 Å². The molecule has 138 valence electrons. The highest BCUT2D eigenvalue weighted by molar-refractivity contribution is 9.10. The highest BCUT2D eigenvalue weighted by Gasteiger charge is 2.17. The summed E-state index contributed by atoms with van der Waals surface area (Å²) >= 11 is 3.30. The molecule has 1 amide bonds. The number of hydrogen-bond donors (Lipinski definition) is 2. The summed E-state index contributed by atoms with van der Waals surface area (Å²) < 4.78 is 46.3. The number of hydrazine groups is 1. The van der Waals surface area contributed by atoms with Crippen molar-refractivity contribution in [3.05, 3.63) is 82.2 Å². The molecule has 3 rings (SSSR count). The van der Waals surface area contributed by atoms with Gasteiger partial charge in [0.05, 0.1) is 5.69 Å². The van der Waals surface area contributed by atoms with Crippen molar-refractivity contribution in [1.29, 1.82) is 0 Å². The van der Waals surface area contributed by atoms with Gasteiger partial charge in [-0.2, -0.15) is 0 Å². The van der Waals surface area contributed by atoms with Crippen LogP contribution < -0.4 is 15.6 Å². The Labute approximate surface area is 160 Å². The fourth-order valence-electron chi connectivity index (χ4n) is 2.07. The molecule has 0 radical (unpaired) electrons. The maximum Gasteiger partial charge on any atom is 0.275 e. The van der Waals surface area contributed by atoms with Crippen molar-refractivity contribution in [2.45, 2.75) is 0 Å². The molecule has 1 aromatic heterocycles. The molecule has 0 atom stereocenters. The molecule has 2 N–H and O–H groups in total. The molecule has 0 bridgehead atoms. The topological polar surface area (TPSA) is 63.2 Å². The number of benzene rings is 2. The smallest absolute Gasteiger partial charge is 0.275 e. The van der Waals surface area contributed by atoms with E-state index in [1.807, 2.05) is 0 Å². The summed E-state index contributed by atoms with van der Waals surface area (Å²) in [4.78, 5) is 16.4. The standard InChI is InChI=1S/C18H11BrF3N3O2/c19-10-3-5-11(6-4-10)27-18-12(2-1-9-23-18)17(26)25-24-14-8-7-13(20)15(21)16(14)22/h1-9,24H,(H,25,26). The van der Waals surface area contributed by atoms with Gasteiger partial charge in [-0.1, -0.05) is 15.9 Å². The van der Waals surface area contributed by atoms with Gasteiger partial charge >= 0.3 is 0 Å². The minimum absolute atomic E-state index is 0.0184. The van der Waals surface area contributed by atoms with Crippen LogP contribution in [0.3, 0.4) is 0 Å². The van der Waals surface area contributed by atoms with E-state index in [-0.39, 0.29) is 11.4 Å². The molecule has 1 heterocycles. The van der Waals surface area contributed by atoms with E-state index in [1.165, 1.54) is 18.3 Å². The van der Waals surface area contributed by atoms with Gasteiger partial charge in [-0.3, -0.25) is 15.6 Å². The molecular formula is C18H11BrF3N3O2. The van der Waals surface area contributed by atoms with Crippen LogP contribution in [0.1, 0.15) is 10.4 Å². The Morgan fingerprint density at radius 1 is 1.00 bits per heavy atom. The summed E-state index contributed by atoms with van der Waals surface area (Å²) in [5.41, 5.74) is 4.02. The second-order valence-corrected chi connectivity index (χ2v) is 6.13. The fourth-order valence-corrected chi connectivity index (χ4v) is 2.34. The number of amides is 1. The average molecular weight is 438 g/mol. The third-order valence-electron chi connectivity index (χ3n) is 3.39. The molecule has 0 saturated carbocycles. The van der Waals surface area contributed by atoms with Gasteiger partial charge < -0.3 is 4.74 Å².